The Labute approximate surface area is 144 Å². The van der Waals surface area contributed by atoms with Crippen molar-refractivity contribution in [1.82, 2.24) is 14.9 Å². The van der Waals surface area contributed by atoms with Crippen molar-refractivity contribution < 1.29 is 0 Å². The van der Waals surface area contributed by atoms with E-state index in [4.69, 9.17) is 9.97 Å². The van der Waals surface area contributed by atoms with Crippen LogP contribution in [0.2, 0.25) is 0 Å². The van der Waals surface area contributed by atoms with Crippen molar-refractivity contribution >= 4 is 11.8 Å². The second kappa shape index (κ2) is 8.11. The first-order chi connectivity index (χ1) is 11.8. The number of hydrogen-bond acceptors (Lipinski definition) is 5. The van der Waals surface area contributed by atoms with Gasteiger partial charge in [-0.25, -0.2) is 4.98 Å². The lowest BCUT2D eigenvalue weighted by atomic mass is 10.1. The maximum absolute atomic E-state index is 4.76. The fourth-order valence-electron chi connectivity index (χ4n) is 2.96. The summed E-state index contributed by atoms with van der Waals surface area (Å²) < 4.78 is 0. The Kier molecular flexibility index (Phi) is 5.64. The van der Waals surface area contributed by atoms with Crippen LogP contribution in [0.15, 0.2) is 36.4 Å². The van der Waals surface area contributed by atoms with Crippen LogP contribution in [0.3, 0.4) is 0 Å². The van der Waals surface area contributed by atoms with E-state index in [0.717, 1.165) is 68.7 Å². The average Bonchev–Trinajstić information content (AvgIpc) is 2.67. The highest BCUT2D eigenvalue weighted by Crippen LogP contribution is 2.24. The van der Waals surface area contributed by atoms with E-state index in [0.29, 0.717) is 0 Å². The molecule has 1 aliphatic rings. The fraction of sp³-hybridized carbons (Fsp3) is 0.474. The van der Waals surface area contributed by atoms with Crippen molar-refractivity contribution in [2.75, 3.05) is 49.5 Å². The van der Waals surface area contributed by atoms with Gasteiger partial charge >= 0.3 is 0 Å². The zero-order valence-electron chi connectivity index (χ0n) is 14.7. The summed E-state index contributed by atoms with van der Waals surface area (Å²) in [5.41, 5.74) is 2.12. The molecule has 0 spiro atoms. The van der Waals surface area contributed by atoms with E-state index >= 15 is 0 Å². The Hall–Kier alpha value is -2.14. The summed E-state index contributed by atoms with van der Waals surface area (Å²) in [4.78, 5) is 14.3. The summed E-state index contributed by atoms with van der Waals surface area (Å²) in [6, 6.07) is 12.5. The molecule has 0 saturated carbocycles. The van der Waals surface area contributed by atoms with Crippen LogP contribution >= 0.6 is 0 Å². The molecule has 1 N–H and O–H groups in total. The zero-order chi connectivity index (χ0) is 16.8. The van der Waals surface area contributed by atoms with Gasteiger partial charge in [0.2, 0.25) is 5.95 Å². The molecule has 5 nitrogen and oxygen atoms in total. The third-order valence-corrected chi connectivity index (χ3v) is 4.46. The smallest absolute Gasteiger partial charge is 0.225 e. The molecule has 1 aromatic carbocycles. The van der Waals surface area contributed by atoms with Crippen LogP contribution in [0.1, 0.15) is 20.3 Å². The van der Waals surface area contributed by atoms with Crippen molar-refractivity contribution in [3.63, 3.8) is 0 Å². The van der Waals surface area contributed by atoms with Crippen LogP contribution in [0.25, 0.3) is 11.3 Å². The molecule has 1 aliphatic heterocycles. The van der Waals surface area contributed by atoms with E-state index in [1.165, 1.54) is 0 Å². The summed E-state index contributed by atoms with van der Waals surface area (Å²) >= 11 is 0. The lowest BCUT2D eigenvalue weighted by molar-refractivity contribution is 0.270. The number of likely N-dealkylation sites (N-methyl/N-ethyl adjacent to an activating group) is 1. The van der Waals surface area contributed by atoms with Gasteiger partial charge in [-0.2, -0.15) is 4.98 Å². The minimum Gasteiger partial charge on any atom is -0.354 e. The minimum absolute atomic E-state index is 0.728. The number of anilines is 2. The maximum atomic E-state index is 4.76. The molecule has 2 aromatic rings. The summed E-state index contributed by atoms with van der Waals surface area (Å²) in [5.74, 6) is 1.75. The highest BCUT2D eigenvalue weighted by Gasteiger charge is 2.18. The molecule has 128 valence electrons. The molecule has 1 aromatic heterocycles. The van der Waals surface area contributed by atoms with Gasteiger partial charge in [-0.15, -0.1) is 0 Å². The first kappa shape index (κ1) is 16.7. The van der Waals surface area contributed by atoms with Crippen molar-refractivity contribution in [2.24, 2.45) is 0 Å². The van der Waals surface area contributed by atoms with Gasteiger partial charge in [0.1, 0.15) is 5.82 Å². The molecule has 0 radical (unpaired) electrons. The van der Waals surface area contributed by atoms with E-state index < -0.39 is 0 Å². The molecule has 3 rings (SSSR count). The summed E-state index contributed by atoms with van der Waals surface area (Å²) in [6.45, 7) is 10.6. The highest BCUT2D eigenvalue weighted by atomic mass is 15.3. The Balaban J connectivity index is 1.87. The first-order valence-electron chi connectivity index (χ1n) is 8.95. The summed E-state index contributed by atoms with van der Waals surface area (Å²) in [7, 11) is 0. The molecule has 1 saturated heterocycles. The number of hydrogen-bond donors (Lipinski definition) is 1. The van der Waals surface area contributed by atoms with Gasteiger partial charge in [-0.1, -0.05) is 44.2 Å². The predicted octanol–water partition coefficient (Wildman–Crippen LogP) is 3.11. The fourth-order valence-corrected chi connectivity index (χ4v) is 2.96. The summed E-state index contributed by atoms with van der Waals surface area (Å²) in [5, 5.41) is 3.34. The van der Waals surface area contributed by atoms with Gasteiger partial charge in [0, 0.05) is 44.4 Å². The average molecular weight is 325 g/mol. The lowest BCUT2D eigenvalue weighted by Crippen LogP contribution is -2.46. The van der Waals surface area contributed by atoms with Crippen LogP contribution in [-0.4, -0.2) is 54.1 Å². The SMILES string of the molecule is CCCNc1nc(-c2ccccc2)cc(N2CCN(CC)CC2)n1. The van der Waals surface area contributed by atoms with Crippen molar-refractivity contribution in [2.45, 2.75) is 20.3 Å². The second-order valence-corrected chi connectivity index (χ2v) is 6.15. The number of aromatic nitrogens is 2. The van der Waals surface area contributed by atoms with Gasteiger partial charge in [0.25, 0.3) is 0 Å². The topological polar surface area (TPSA) is 44.3 Å². The number of benzene rings is 1. The molecular formula is C19H27N5. The molecular weight excluding hydrogens is 298 g/mol. The Bertz CT molecular complexity index is 635. The number of rotatable bonds is 6. The van der Waals surface area contributed by atoms with Crippen molar-refractivity contribution in [3.8, 4) is 11.3 Å². The standard InChI is InChI=1S/C19H27N5/c1-3-10-20-19-21-17(16-8-6-5-7-9-16)15-18(22-19)24-13-11-23(4-2)12-14-24/h5-9,15H,3-4,10-14H2,1-2H3,(H,20,21,22). The highest BCUT2D eigenvalue weighted by molar-refractivity contribution is 5.64. The molecule has 0 aliphatic carbocycles. The molecule has 0 amide bonds. The minimum atomic E-state index is 0.728. The van der Waals surface area contributed by atoms with Crippen molar-refractivity contribution in [1.29, 1.82) is 0 Å². The predicted molar refractivity (Wildman–Crippen MR) is 101 cm³/mol. The monoisotopic (exact) mass is 325 g/mol. The van der Waals surface area contributed by atoms with Crippen LogP contribution in [0, 0.1) is 0 Å². The van der Waals surface area contributed by atoms with Gasteiger partial charge in [-0.05, 0) is 13.0 Å². The van der Waals surface area contributed by atoms with E-state index in [1.807, 2.05) is 6.07 Å². The third-order valence-electron chi connectivity index (χ3n) is 4.46. The largest absolute Gasteiger partial charge is 0.354 e. The molecule has 1 fully saturated rings. The Morgan fingerprint density at radius 1 is 1.00 bits per heavy atom. The Morgan fingerprint density at radius 3 is 2.42 bits per heavy atom. The normalized spacial score (nSPS) is 15.5. The molecule has 2 heterocycles. The number of piperazine rings is 1. The van der Waals surface area contributed by atoms with E-state index in [-0.39, 0.29) is 0 Å². The second-order valence-electron chi connectivity index (χ2n) is 6.15. The van der Waals surface area contributed by atoms with E-state index in [9.17, 15) is 0 Å². The van der Waals surface area contributed by atoms with Crippen LogP contribution < -0.4 is 10.2 Å². The lowest BCUT2D eigenvalue weighted by Gasteiger charge is -2.35. The van der Waals surface area contributed by atoms with Crippen molar-refractivity contribution in [3.05, 3.63) is 36.4 Å². The van der Waals surface area contributed by atoms with E-state index in [1.54, 1.807) is 0 Å². The van der Waals surface area contributed by atoms with Gasteiger partial charge < -0.3 is 15.1 Å². The van der Waals surface area contributed by atoms with Gasteiger partial charge in [-0.3, -0.25) is 0 Å². The number of nitrogens with zero attached hydrogens (tertiary/aromatic N) is 4. The van der Waals surface area contributed by atoms with Gasteiger partial charge in [0.15, 0.2) is 0 Å². The first-order valence-corrected chi connectivity index (χ1v) is 8.95. The van der Waals surface area contributed by atoms with Crippen LogP contribution in [-0.2, 0) is 0 Å². The Morgan fingerprint density at radius 2 is 1.75 bits per heavy atom. The summed E-state index contributed by atoms with van der Waals surface area (Å²) in [6.07, 6.45) is 1.06. The van der Waals surface area contributed by atoms with Gasteiger partial charge in [0.05, 0.1) is 5.69 Å². The molecule has 24 heavy (non-hydrogen) atoms. The number of nitrogens with one attached hydrogen (secondary N) is 1. The molecule has 5 heteroatoms. The van der Waals surface area contributed by atoms with Crippen LogP contribution in [0.5, 0.6) is 0 Å². The maximum Gasteiger partial charge on any atom is 0.225 e. The quantitative estimate of drug-likeness (QED) is 0.884. The van der Waals surface area contributed by atoms with E-state index in [2.05, 4.69) is 59.3 Å². The zero-order valence-corrected chi connectivity index (χ0v) is 14.7. The van der Waals surface area contributed by atoms with Crippen LogP contribution in [0.4, 0.5) is 11.8 Å². The molecule has 0 unspecified atom stereocenters. The molecule has 0 atom stereocenters. The third kappa shape index (κ3) is 4.03. The molecule has 0 bridgehead atoms.